The van der Waals surface area contributed by atoms with Gasteiger partial charge in [-0.2, -0.15) is 0 Å². The highest BCUT2D eigenvalue weighted by molar-refractivity contribution is 5.21. The summed E-state index contributed by atoms with van der Waals surface area (Å²) in [5, 5.41) is 0. The Kier molecular flexibility index (Phi) is 3.32. The molecule has 5 rings (SSSR count). The molecular weight excluding hydrogens is 280 g/mol. The monoisotopic (exact) mass is 314 g/mol. The minimum Gasteiger partial charge on any atom is -0.366 e. The van der Waals surface area contributed by atoms with E-state index in [1.807, 2.05) is 0 Å². The van der Waals surface area contributed by atoms with E-state index >= 15 is 0 Å². The fraction of sp³-hybridized carbons (Fsp3) is 0.909. The van der Waals surface area contributed by atoms with Crippen LogP contribution in [0.2, 0.25) is 0 Å². The minimum atomic E-state index is 0.227. The summed E-state index contributed by atoms with van der Waals surface area (Å²) < 4.78 is 6.17. The van der Waals surface area contributed by atoms with Crippen molar-refractivity contribution in [3.8, 4) is 0 Å². The molecular formula is C22H34O. The SMILES string of the molecule is C=C1CC[C@@H]2O[C@]2(C)C[C@@H]2CCC[C@@]3(C4CCCCC4)C[C@H]1[C@@H]23. The first-order chi connectivity index (χ1) is 11.1. The highest BCUT2D eigenvalue weighted by Gasteiger charge is 2.64. The minimum absolute atomic E-state index is 0.227. The van der Waals surface area contributed by atoms with Gasteiger partial charge in [0.05, 0.1) is 11.7 Å². The average Bonchev–Trinajstić information content (AvgIpc) is 3.16. The Morgan fingerprint density at radius 3 is 2.65 bits per heavy atom. The normalized spacial score (nSPS) is 53.2. The molecule has 4 saturated carbocycles. The van der Waals surface area contributed by atoms with Crippen LogP contribution in [0.3, 0.4) is 0 Å². The Morgan fingerprint density at radius 2 is 1.83 bits per heavy atom. The summed E-state index contributed by atoms with van der Waals surface area (Å²) >= 11 is 0. The van der Waals surface area contributed by atoms with Gasteiger partial charge in [-0.25, -0.2) is 0 Å². The van der Waals surface area contributed by atoms with E-state index in [2.05, 4.69) is 13.5 Å². The molecule has 0 aromatic carbocycles. The fourth-order valence-corrected chi connectivity index (χ4v) is 7.66. The number of rotatable bonds is 1. The lowest BCUT2D eigenvalue weighted by molar-refractivity contribution is -0.150. The molecule has 0 spiro atoms. The topological polar surface area (TPSA) is 12.5 Å². The lowest BCUT2D eigenvalue weighted by atomic mass is 9.39. The Hall–Kier alpha value is -0.300. The summed E-state index contributed by atoms with van der Waals surface area (Å²) in [6.07, 6.45) is 17.9. The van der Waals surface area contributed by atoms with Crippen molar-refractivity contribution in [2.24, 2.45) is 29.1 Å². The van der Waals surface area contributed by atoms with Gasteiger partial charge in [0.25, 0.3) is 0 Å². The summed E-state index contributed by atoms with van der Waals surface area (Å²) in [6.45, 7) is 6.96. The van der Waals surface area contributed by atoms with Gasteiger partial charge in [0, 0.05) is 0 Å². The van der Waals surface area contributed by atoms with E-state index in [0.29, 0.717) is 11.5 Å². The van der Waals surface area contributed by atoms with Gasteiger partial charge < -0.3 is 4.74 Å². The molecule has 0 N–H and O–H groups in total. The van der Waals surface area contributed by atoms with Crippen molar-refractivity contribution in [2.75, 3.05) is 0 Å². The molecule has 6 atom stereocenters. The molecule has 0 unspecified atom stereocenters. The van der Waals surface area contributed by atoms with Gasteiger partial charge in [-0.1, -0.05) is 44.3 Å². The average molecular weight is 315 g/mol. The van der Waals surface area contributed by atoms with Gasteiger partial charge in [-0.15, -0.1) is 0 Å². The molecule has 1 saturated heterocycles. The van der Waals surface area contributed by atoms with E-state index < -0.39 is 0 Å². The van der Waals surface area contributed by atoms with Gasteiger partial charge >= 0.3 is 0 Å². The van der Waals surface area contributed by atoms with Crippen LogP contribution >= 0.6 is 0 Å². The van der Waals surface area contributed by atoms with E-state index in [1.54, 1.807) is 5.57 Å². The summed E-state index contributed by atoms with van der Waals surface area (Å²) in [5.41, 5.74) is 2.53. The molecule has 1 heteroatoms. The summed E-state index contributed by atoms with van der Waals surface area (Å²) in [4.78, 5) is 0. The van der Waals surface area contributed by atoms with E-state index in [1.165, 1.54) is 77.0 Å². The van der Waals surface area contributed by atoms with E-state index in [9.17, 15) is 0 Å². The number of epoxide rings is 1. The van der Waals surface area contributed by atoms with Crippen molar-refractivity contribution in [1.29, 1.82) is 0 Å². The van der Waals surface area contributed by atoms with Crippen LogP contribution in [0.15, 0.2) is 12.2 Å². The van der Waals surface area contributed by atoms with Crippen molar-refractivity contribution in [3.05, 3.63) is 12.2 Å². The summed E-state index contributed by atoms with van der Waals surface area (Å²) in [6, 6.07) is 0. The van der Waals surface area contributed by atoms with Crippen molar-refractivity contribution in [1.82, 2.24) is 0 Å². The van der Waals surface area contributed by atoms with Crippen molar-refractivity contribution in [3.63, 3.8) is 0 Å². The van der Waals surface area contributed by atoms with Crippen LogP contribution < -0.4 is 0 Å². The predicted molar refractivity (Wildman–Crippen MR) is 94.2 cm³/mol. The fourth-order valence-electron chi connectivity index (χ4n) is 7.66. The molecule has 0 aromatic rings. The van der Waals surface area contributed by atoms with Crippen LogP contribution in [0.25, 0.3) is 0 Å². The first-order valence-corrected chi connectivity index (χ1v) is 10.5. The first kappa shape index (κ1) is 15.0. The lowest BCUT2D eigenvalue weighted by Crippen LogP contribution is -2.58. The maximum absolute atomic E-state index is 6.17. The Labute approximate surface area is 142 Å². The van der Waals surface area contributed by atoms with Crippen molar-refractivity contribution < 1.29 is 4.74 Å². The Balaban J connectivity index is 1.47. The van der Waals surface area contributed by atoms with Gasteiger partial charge in [0.15, 0.2) is 0 Å². The number of allylic oxidation sites excluding steroid dienone is 1. The summed E-state index contributed by atoms with van der Waals surface area (Å²) in [5.74, 6) is 3.79. The molecule has 0 bridgehead atoms. The number of fused-ring (bicyclic) bond motifs is 1. The largest absolute Gasteiger partial charge is 0.366 e. The molecule has 0 aromatic heterocycles. The molecule has 128 valence electrons. The first-order valence-electron chi connectivity index (χ1n) is 10.5. The molecule has 5 fully saturated rings. The highest BCUT2D eigenvalue weighted by atomic mass is 16.6. The Morgan fingerprint density at radius 1 is 1.00 bits per heavy atom. The third-order valence-corrected chi connectivity index (χ3v) is 8.80. The zero-order chi connectivity index (χ0) is 15.7. The second-order valence-electron chi connectivity index (χ2n) is 9.88. The standard InChI is InChI=1S/C22H34O/c1-15-10-11-19-21(2,23-19)13-16-7-6-12-22(14-18(15)20(16)22)17-8-4-3-5-9-17/h16-20H,1,3-14H2,2H3/t16-,18+,19-,20+,21+,22-/m0/s1. The maximum Gasteiger partial charge on any atom is 0.0923 e. The third kappa shape index (κ3) is 2.14. The quantitative estimate of drug-likeness (QED) is 0.434. The number of ether oxygens (including phenoxy) is 1. The smallest absolute Gasteiger partial charge is 0.0923 e. The van der Waals surface area contributed by atoms with Gasteiger partial charge in [0.2, 0.25) is 0 Å². The van der Waals surface area contributed by atoms with Crippen LogP contribution in [-0.4, -0.2) is 11.7 Å². The zero-order valence-corrected chi connectivity index (χ0v) is 15.0. The maximum atomic E-state index is 6.17. The van der Waals surface area contributed by atoms with Gasteiger partial charge in [-0.3, -0.25) is 0 Å². The molecule has 4 aliphatic carbocycles. The summed E-state index contributed by atoms with van der Waals surface area (Å²) in [7, 11) is 0. The van der Waals surface area contributed by atoms with Crippen molar-refractivity contribution >= 4 is 0 Å². The molecule has 5 aliphatic rings. The van der Waals surface area contributed by atoms with Gasteiger partial charge in [-0.05, 0) is 81.0 Å². The molecule has 1 heterocycles. The second-order valence-corrected chi connectivity index (χ2v) is 9.88. The van der Waals surface area contributed by atoms with E-state index in [-0.39, 0.29) is 5.60 Å². The van der Waals surface area contributed by atoms with Gasteiger partial charge in [0.1, 0.15) is 0 Å². The Bertz CT molecular complexity index is 504. The van der Waals surface area contributed by atoms with Crippen LogP contribution in [0.1, 0.15) is 84.0 Å². The zero-order valence-electron chi connectivity index (χ0n) is 15.0. The van der Waals surface area contributed by atoms with E-state index in [4.69, 9.17) is 4.74 Å². The number of hydrogen-bond donors (Lipinski definition) is 0. The second kappa shape index (κ2) is 5.10. The molecule has 0 radical (unpaired) electrons. The molecule has 23 heavy (non-hydrogen) atoms. The van der Waals surface area contributed by atoms with Crippen LogP contribution in [-0.2, 0) is 4.74 Å². The predicted octanol–water partition coefficient (Wildman–Crippen LogP) is 5.89. The highest BCUT2D eigenvalue weighted by Crippen LogP contribution is 2.70. The lowest BCUT2D eigenvalue weighted by Gasteiger charge is -2.66. The van der Waals surface area contributed by atoms with Crippen LogP contribution in [0.5, 0.6) is 0 Å². The van der Waals surface area contributed by atoms with Crippen LogP contribution in [0.4, 0.5) is 0 Å². The number of hydrogen-bond acceptors (Lipinski definition) is 1. The molecule has 1 nitrogen and oxygen atoms in total. The molecule has 1 aliphatic heterocycles. The van der Waals surface area contributed by atoms with Crippen molar-refractivity contribution in [2.45, 2.75) is 95.7 Å². The van der Waals surface area contributed by atoms with Crippen LogP contribution in [0, 0.1) is 29.1 Å². The third-order valence-electron chi connectivity index (χ3n) is 8.80. The van der Waals surface area contributed by atoms with E-state index in [0.717, 1.165) is 23.7 Å². The molecule has 0 amide bonds.